The number of nitrogens with zero attached hydrogens (tertiary/aromatic N) is 3. The third-order valence-electron chi connectivity index (χ3n) is 3.19. The molecule has 2 aromatic heterocycles. The zero-order valence-electron chi connectivity index (χ0n) is 11.8. The average molecular weight is 272 g/mol. The Morgan fingerprint density at radius 2 is 2.20 bits per heavy atom. The molecule has 20 heavy (non-hydrogen) atoms. The van der Waals surface area contributed by atoms with E-state index in [1.807, 2.05) is 6.07 Å². The number of nitrogens with one attached hydrogen (secondary N) is 3. The van der Waals surface area contributed by atoms with Gasteiger partial charge in [-0.15, -0.1) is 0 Å². The molecule has 1 aliphatic carbocycles. The number of aromatic amines is 1. The fourth-order valence-electron chi connectivity index (χ4n) is 1.94. The second-order valence-corrected chi connectivity index (χ2v) is 5.65. The summed E-state index contributed by atoms with van der Waals surface area (Å²) in [6.45, 7) is 5.16. The van der Waals surface area contributed by atoms with Crippen LogP contribution in [0.3, 0.4) is 0 Å². The number of hydrogen-bond donors (Lipinski definition) is 3. The molecule has 6 nitrogen and oxygen atoms in total. The van der Waals surface area contributed by atoms with Crippen LogP contribution in [0.2, 0.25) is 0 Å². The lowest BCUT2D eigenvalue weighted by atomic mass is 10.2. The molecular weight excluding hydrogens is 252 g/mol. The summed E-state index contributed by atoms with van der Waals surface area (Å²) in [7, 11) is 0. The highest BCUT2D eigenvalue weighted by Gasteiger charge is 2.25. The van der Waals surface area contributed by atoms with Crippen molar-refractivity contribution in [2.75, 3.05) is 17.2 Å². The van der Waals surface area contributed by atoms with E-state index in [1.165, 1.54) is 18.5 Å². The summed E-state index contributed by atoms with van der Waals surface area (Å²) in [5.41, 5.74) is 1.21. The second-order valence-electron chi connectivity index (χ2n) is 5.65. The molecular formula is C14H20N6. The van der Waals surface area contributed by atoms with Gasteiger partial charge in [-0.1, -0.05) is 13.8 Å². The zero-order valence-corrected chi connectivity index (χ0v) is 11.8. The van der Waals surface area contributed by atoms with Crippen LogP contribution in [0, 0.1) is 5.92 Å². The minimum absolute atomic E-state index is 0.558. The summed E-state index contributed by atoms with van der Waals surface area (Å²) in [5, 5.41) is 13.7. The molecule has 0 aromatic carbocycles. The molecule has 3 rings (SSSR count). The highest BCUT2D eigenvalue weighted by Crippen LogP contribution is 2.39. The summed E-state index contributed by atoms with van der Waals surface area (Å²) >= 11 is 0. The van der Waals surface area contributed by atoms with Crippen molar-refractivity contribution in [3.63, 3.8) is 0 Å². The van der Waals surface area contributed by atoms with Crippen molar-refractivity contribution in [1.82, 2.24) is 20.2 Å². The third kappa shape index (κ3) is 3.26. The summed E-state index contributed by atoms with van der Waals surface area (Å²) in [5.74, 6) is 3.43. The van der Waals surface area contributed by atoms with Crippen LogP contribution in [-0.2, 0) is 0 Å². The minimum Gasteiger partial charge on any atom is -0.354 e. The van der Waals surface area contributed by atoms with Crippen molar-refractivity contribution >= 4 is 17.6 Å². The smallest absolute Gasteiger partial charge is 0.224 e. The van der Waals surface area contributed by atoms with Crippen molar-refractivity contribution < 1.29 is 0 Å². The maximum Gasteiger partial charge on any atom is 0.224 e. The molecule has 0 unspecified atom stereocenters. The molecule has 3 N–H and O–H groups in total. The Kier molecular flexibility index (Phi) is 3.54. The van der Waals surface area contributed by atoms with E-state index < -0.39 is 0 Å². The number of hydrogen-bond acceptors (Lipinski definition) is 5. The Bertz CT molecular complexity index is 573. The predicted octanol–water partition coefficient (Wildman–Crippen LogP) is 2.89. The van der Waals surface area contributed by atoms with Crippen LogP contribution in [0.25, 0.3) is 0 Å². The third-order valence-corrected chi connectivity index (χ3v) is 3.19. The summed E-state index contributed by atoms with van der Waals surface area (Å²) < 4.78 is 0. The van der Waals surface area contributed by atoms with Gasteiger partial charge < -0.3 is 10.6 Å². The summed E-state index contributed by atoms with van der Waals surface area (Å²) in [6.07, 6.45) is 4.27. The van der Waals surface area contributed by atoms with E-state index in [2.05, 4.69) is 50.7 Å². The largest absolute Gasteiger partial charge is 0.354 e. The van der Waals surface area contributed by atoms with E-state index in [0.29, 0.717) is 17.8 Å². The lowest BCUT2D eigenvalue weighted by molar-refractivity contribution is 0.684. The van der Waals surface area contributed by atoms with Crippen LogP contribution >= 0.6 is 0 Å². The quantitative estimate of drug-likeness (QED) is 0.753. The van der Waals surface area contributed by atoms with Crippen molar-refractivity contribution in [1.29, 1.82) is 0 Å². The number of H-pyrrole nitrogens is 1. The highest BCUT2D eigenvalue weighted by atomic mass is 15.2. The first-order valence-electron chi connectivity index (χ1n) is 7.10. The van der Waals surface area contributed by atoms with Crippen molar-refractivity contribution in [2.45, 2.75) is 32.6 Å². The van der Waals surface area contributed by atoms with Gasteiger partial charge in [-0.25, -0.2) is 4.98 Å². The molecule has 0 atom stereocenters. The van der Waals surface area contributed by atoms with Gasteiger partial charge in [-0.05, 0) is 24.8 Å². The van der Waals surface area contributed by atoms with Crippen LogP contribution in [0.5, 0.6) is 0 Å². The molecule has 0 amide bonds. The average Bonchev–Trinajstić information content (AvgIpc) is 3.18. The molecule has 0 radical (unpaired) electrons. The maximum absolute atomic E-state index is 4.42. The molecule has 2 heterocycles. The predicted molar refractivity (Wildman–Crippen MR) is 79.2 cm³/mol. The Hall–Kier alpha value is -2.11. The van der Waals surface area contributed by atoms with Crippen molar-refractivity contribution in [3.8, 4) is 0 Å². The Balaban J connectivity index is 1.65. The number of aromatic nitrogens is 4. The van der Waals surface area contributed by atoms with E-state index in [-0.39, 0.29) is 0 Å². The molecule has 1 saturated carbocycles. The Morgan fingerprint density at radius 1 is 1.35 bits per heavy atom. The molecule has 1 fully saturated rings. The molecule has 6 heteroatoms. The zero-order chi connectivity index (χ0) is 13.9. The van der Waals surface area contributed by atoms with Gasteiger partial charge in [0, 0.05) is 30.4 Å². The van der Waals surface area contributed by atoms with Gasteiger partial charge in [0.25, 0.3) is 0 Å². The first-order valence-corrected chi connectivity index (χ1v) is 7.10. The first-order chi connectivity index (χ1) is 9.70. The Morgan fingerprint density at radius 3 is 2.95 bits per heavy atom. The standard InChI is InChI=1S/C14H20N6/c1-9(2)8-16-14-15-6-5-12(18-14)17-13-7-11(19-20-13)10-3-4-10/h5-7,9-10H,3-4,8H2,1-2H3,(H3,15,16,17,18,19,20). The van der Waals surface area contributed by atoms with Gasteiger partial charge in [-0.2, -0.15) is 10.1 Å². The fourth-order valence-corrected chi connectivity index (χ4v) is 1.94. The maximum atomic E-state index is 4.42. The van der Waals surface area contributed by atoms with Gasteiger partial charge in [0.2, 0.25) is 5.95 Å². The lowest BCUT2D eigenvalue weighted by Gasteiger charge is -2.08. The van der Waals surface area contributed by atoms with Crippen LogP contribution in [-0.4, -0.2) is 26.7 Å². The molecule has 1 aliphatic rings. The van der Waals surface area contributed by atoms with Gasteiger partial charge >= 0.3 is 0 Å². The van der Waals surface area contributed by atoms with Gasteiger partial charge in [0.1, 0.15) is 5.82 Å². The number of anilines is 3. The van der Waals surface area contributed by atoms with Crippen molar-refractivity contribution in [2.24, 2.45) is 5.92 Å². The molecule has 106 valence electrons. The van der Waals surface area contributed by atoms with Crippen LogP contribution in [0.15, 0.2) is 18.3 Å². The molecule has 0 saturated heterocycles. The SMILES string of the molecule is CC(C)CNc1nccc(Nc2cc(C3CC3)[nH]n2)n1. The molecule has 0 spiro atoms. The monoisotopic (exact) mass is 272 g/mol. The van der Waals surface area contributed by atoms with E-state index in [9.17, 15) is 0 Å². The number of rotatable bonds is 6. The highest BCUT2D eigenvalue weighted by molar-refractivity contribution is 5.53. The lowest BCUT2D eigenvalue weighted by Crippen LogP contribution is -2.11. The Labute approximate surface area is 118 Å². The topological polar surface area (TPSA) is 78.5 Å². The van der Waals surface area contributed by atoms with Gasteiger partial charge in [-0.3, -0.25) is 5.10 Å². The van der Waals surface area contributed by atoms with E-state index in [0.717, 1.165) is 18.2 Å². The summed E-state index contributed by atoms with van der Waals surface area (Å²) in [6, 6.07) is 3.90. The van der Waals surface area contributed by atoms with Gasteiger partial charge in [0.05, 0.1) is 0 Å². The van der Waals surface area contributed by atoms with Crippen LogP contribution in [0.4, 0.5) is 17.6 Å². The fraction of sp³-hybridized carbons (Fsp3) is 0.500. The first kappa shape index (κ1) is 12.9. The molecule has 0 aliphatic heterocycles. The molecule has 2 aromatic rings. The normalized spacial score (nSPS) is 14.6. The summed E-state index contributed by atoms with van der Waals surface area (Å²) in [4.78, 5) is 8.63. The van der Waals surface area contributed by atoms with E-state index >= 15 is 0 Å². The van der Waals surface area contributed by atoms with Gasteiger partial charge in [0.15, 0.2) is 5.82 Å². The molecule has 0 bridgehead atoms. The van der Waals surface area contributed by atoms with Crippen LogP contribution < -0.4 is 10.6 Å². The second kappa shape index (κ2) is 5.48. The van der Waals surface area contributed by atoms with E-state index in [1.54, 1.807) is 6.20 Å². The minimum atomic E-state index is 0.558. The van der Waals surface area contributed by atoms with Crippen molar-refractivity contribution in [3.05, 3.63) is 24.0 Å². The van der Waals surface area contributed by atoms with Crippen LogP contribution in [0.1, 0.15) is 38.3 Å². The van der Waals surface area contributed by atoms with E-state index in [4.69, 9.17) is 0 Å².